The summed E-state index contributed by atoms with van der Waals surface area (Å²) in [5.41, 5.74) is 1.05. The molecule has 0 saturated heterocycles. The van der Waals surface area contributed by atoms with Crippen LogP contribution in [0.2, 0.25) is 0 Å². The molecular weight excluding hydrogens is 228 g/mol. The van der Waals surface area contributed by atoms with E-state index in [4.69, 9.17) is 4.74 Å². The first-order chi connectivity index (χ1) is 8.53. The maximum Gasteiger partial charge on any atom is 0.303 e. The lowest BCUT2D eigenvalue weighted by Gasteiger charge is -2.42. The Bertz CT molecular complexity index is 462. The van der Waals surface area contributed by atoms with E-state index in [9.17, 15) is 9.59 Å². The standard InChI is InChI=1S/C15H18O3/c1-9-7-15-6-4-3-5-12(15)13(17)14(11(9)8-15)18-10(2)16/h4,6,11-12,14H,1,3,5,7-8H2,2H3/t11-,12-,14+,15-/m1/s1. The number of carbonyl (C=O) groups is 2. The predicted molar refractivity (Wildman–Crippen MR) is 66.7 cm³/mol. The molecular formula is C15H18O3. The molecule has 1 spiro atoms. The first kappa shape index (κ1) is 11.7. The fourth-order valence-corrected chi connectivity index (χ4v) is 4.02. The molecule has 0 N–H and O–H groups in total. The van der Waals surface area contributed by atoms with Gasteiger partial charge >= 0.3 is 5.97 Å². The highest BCUT2D eigenvalue weighted by Gasteiger charge is 2.58. The largest absolute Gasteiger partial charge is 0.454 e. The zero-order chi connectivity index (χ0) is 12.9. The average molecular weight is 246 g/mol. The Morgan fingerprint density at radius 2 is 2.33 bits per heavy atom. The van der Waals surface area contributed by atoms with E-state index in [0.717, 1.165) is 31.3 Å². The fraction of sp³-hybridized carbons (Fsp3) is 0.600. The Morgan fingerprint density at radius 1 is 1.56 bits per heavy atom. The van der Waals surface area contributed by atoms with Gasteiger partial charge < -0.3 is 4.74 Å². The maximum absolute atomic E-state index is 12.5. The lowest BCUT2D eigenvalue weighted by molar-refractivity contribution is -0.161. The number of esters is 1. The SMILES string of the molecule is C=C1C[C@@]23C=CCC[C@@H]2C(=O)[C@@H](OC(C)=O)[C@@H]1C3. The van der Waals surface area contributed by atoms with E-state index in [2.05, 4.69) is 18.7 Å². The molecule has 3 rings (SSSR count). The van der Waals surface area contributed by atoms with Gasteiger partial charge in [0.2, 0.25) is 0 Å². The number of hydrogen-bond acceptors (Lipinski definition) is 3. The number of rotatable bonds is 1. The van der Waals surface area contributed by atoms with Gasteiger partial charge in [-0.2, -0.15) is 0 Å². The number of hydrogen-bond donors (Lipinski definition) is 0. The normalized spacial score (nSPS) is 41.7. The van der Waals surface area contributed by atoms with E-state index in [1.54, 1.807) is 0 Å². The minimum Gasteiger partial charge on any atom is -0.454 e. The van der Waals surface area contributed by atoms with Crippen LogP contribution in [-0.4, -0.2) is 17.9 Å². The molecule has 2 saturated carbocycles. The monoisotopic (exact) mass is 246 g/mol. The highest BCUT2D eigenvalue weighted by molar-refractivity contribution is 5.90. The van der Waals surface area contributed by atoms with Crippen molar-refractivity contribution in [3.63, 3.8) is 0 Å². The van der Waals surface area contributed by atoms with Crippen molar-refractivity contribution in [1.29, 1.82) is 0 Å². The van der Waals surface area contributed by atoms with E-state index in [1.807, 2.05) is 0 Å². The van der Waals surface area contributed by atoms with Crippen molar-refractivity contribution in [3.05, 3.63) is 24.3 Å². The molecule has 0 aromatic rings. The van der Waals surface area contributed by atoms with Gasteiger partial charge in [-0.25, -0.2) is 0 Å². The van der Waals surface area contributed by atoms with Crippen LogP contribution in [0, 0.1) is 17.3 Å². The van der Waals surface area contributed by atoms with Gasteiger partial charge in [0.1, 0.15) is 0 Å². The number of Topliss-reactive ketones (excluding diaryl/α,β-unsaturated/α-hetero) is 1. The van der Waals surface area contributed by atoms with Crippen LogP contribution >= 0.6 is 0 Å². The van der Waals surface area contributed by atoms with Crippen molar-refractivity contribution in [2.24, 2.45) is 17.3 Å². The van der Waals surface area contributed by atoms with Crippen LogP contribution in [0.4, 0.5) is 0 Å². The van der Waals surface area contributed by atoms with Crippen molar-refractivity contribution in [1.82, 2.24) is 0 Å². The molecule has 3 heteroatoms. The molecule has 0 radical (unpaired) electrons. The maximum atomic E-state index is 12.5. The van der Waals surface area contributed by atoms with E-state index in [0.29, 0.717) is 0 Å². The second-order valence-electron chi connectivity index (χ2n) is 5.84. The molecule has 2 fully saturated rings. The summed E-state index contributed by atoms with van der Waals surface area (Å²) in [7, 11) is 0. The van der Waals surface area contributed by atoms with Crippen LogP contribution < -0.4 is 0 Å². The molecule has 18 heavy (non-hydrogen) atoms. The van der Waals surface area contributed by atoms with Crippen molar-refractivity contribution >= 4 is 11.8 Å². The molecule has 3 aliphatic rings. The molecule has 3 nitrogen and oxygen atoms in total. The van der Waals surface area contributed by atoms with Gasteiger partial charge in [0, 0.05) is 24.2 Å². The number of ether oxygens (including phenoxy) is 1. The van der Waals surface area contributed by atoms with Crippen LogP contribution in [0.25, 0.3) is 0 Å². The lowest BCUT2D eigenvalue weighted by atomic mass is 9.62. The Balaban J connectivity index is 1.99. The Kier molecular flexibility index (Phi) is 2.47. The van der Waals surface area contributed by atoms with Crippen molar-refractivity contribution in [2.45, 2.75) is 38.7 Å². The summed E-state index contributed by atoms with van der Waals surface area (Å²) >= 11 is 0. The zero-order valence-corrected chi connectivity index (χ0v) is 10.6. The average Bonchev–Trinajstić information content (AvgIpc) is 2.59. The van der Waals surface area contributed by atoms with Crippen molar-refractivity contribution in [2.75, 3.05) is 0 Å². The summed E-state index contributed by atoms with van der Waals surface area (Å²) in [6, 6.07) is 0. The molecule has 3 aliphatic carbocycles. The van der Waals surface area contributed by atoms with E-state index in [-0.39, 0.29) is 29.0 Å². The van der Waals surface area contributed by atoms with Gasteiger partial charge in [-0.3, -0.25) is 9.59 Å². The van der Waals surface area contributed by atoms with E-state index in [1.165, 1.54) is 6.92 Å². The van der Waals surface area contributed by atoms with Gasteiger partial charge in [-0.15, -0.1) is 0 Å². The van der Waals surface area contributed by atoms with Gasteiger partial charge in [-0.1, -0.05) is 24.3 Å². The molecule has 4 atom stereocenters. The summed E-state index contributed by atoms with van der Waals surface area (Å²) in [4.78, 5) is 23.7. The molecule has 0 heterocycles. The van der Waals surface area contributed by atoms with Crippen LogP contribution in [0.5, 0.6) is 0 Å². The van der Waals surface area contributed by atoms with Crippen LogP contribution in [0.3, 0.4) is 0 Å². The number of ketones is 1. The third-order valence-corrected chi connectivity index (χ3v) is 4.73. The Hall–Kier alpha value is -1.38. The summed E-state index contributed by atoms with van der Waals surface area (Å²) in [5, 5.41) is 0. The summed E-state index contributed by atoms with van der Waals surface area (Å²) in [5.74, 6) is -0.209. The predicted octanol–water partition coefficient (Wildman–Crippen LogP) is 2.42. The van der Waals surface area contributed by atoms with Gasteiger partial charge in [0.15, 0.2) is 11.9 Å². The first-order valence-electron chi connectivity index (χ1n) is 6.60. The molecule has 0 amide bonds. The second kappa shape index (κ2) is 3.81. The van der Waals surface area contributed by atoms with Gasteiger partial charge in [0.25, 0.3) is 0 Å². The first-order valence-corrected chi connectivity index (χ1v) is 6.60. The van der Waals surface area contributed by atoms with Crippen LogP contribution in [0.15, 0.2) is 24.3 Å². The van der Waals surface area contributed by atoms with E-state index < -0.39 is 6.10 Å². The minimum atomic E-state index is -0.581. The number of allylic oxidation sites excluding steroid dienone is 2. The van der Waals surface area contributed by atoms with Crippen molar-refractivity contribution < 1.29 is 14.3 Å². The fourth-order valence-electron chi connectivity index (χ4n) is 4.02. The van der Waals surface area contributed by atoms with E-state index >= 15 is 0 Å². The molecule has 0 aromatic heterocycles. The third-order valence-electron chi connectivity index (χ3n) is 4.73. The molecule has 2 bridgehead atoms. The lowest BCUT2D eigenvalue weighted by Crippen LogP contribution is -2.48. The van der Waals surface area contributed by atoms with Gasteiger partial charge in [-0.05, 0) is 25.7 Å². The molecule has 0 unspecified atom stereocenters. The highest BCUT2D eigenvalue weighted by atomic mass is 16.5. The topological polar surface area (TPSA) is 43.4 Å². The summed E-state index contributed by atoms with van der Waals surface area (Å²) in [6.07, 6.45) is 7.44. The Morgan fingerprint density at radius 3 is 3.06 bits per heavy atom. The number of fused-ring (bicyclic) bond motifs is 1. The summed E-state index contributed by atoms with van der Waals surface area (Å²) < 4.78 is 5.28. The number of carbonyl (C=O) groups excluding carboxylic acids is 2. The molecule has 96 valence electrons. The van der Waals surface area contributed by atoms with Crippen LogP contribution in [-0.2, 0) is 14.3 Å². The minimum absolute atomic E-state index is 0.0161. The Labute approximate surface area is 107 Å². The van der Waals surface area contributed by atoms with Crippen LogP contribution in [0.1, 0.15) is 32.6 Å². The summed E-state index contributed by atoms with van der Waals surface area (Å²) in [6.45, 7) is 5.47. The third kappa shape index (κ3) is 1.49. The molecule has 0 aromatic carbocycles. The second-order valence-corrected chi connectivity index (χ2v) is 5.84. The van der Waals surface area contributed by atoms with Crippen molar-refractivity contribution in [3.8, 4) is 0 Å². The highest BCUT2D eigenvalue weighted by Crippen LogP contribution is 2.59. The quantitative estimate of drug-likeness (QED) is 0.527. The smallest absolute Gasteiger partial charge is 0.303 e. The zero-order valence-electron chi connectivity index (χ0n) is 10.6. The molecule has 0 aliphatic heterocycles. The van der Waals surface area contributed by atoms with Gasteiger partial charge in [0.05, 0.1) is 0 Å².